The van der Waals surface area contributed by atoms with Crippen LogP contribution in [0, 0.1) is 11.5 Å². The van der Waals surface area contributed by atoms with Crippen molar-refractivity contribution in [2.75, 3.05) is 12.5 Å². The summed E-state index contributed by atoms with van der Waals surface area (Å²) in [5.41, 5.74) is 6.30. The highest BCUT2D eigenvalue weighted by molar-refractivity contribution is 6.76. The van der Waals surface area contributed by atoms with E-state index in [1.807, 2.05) is 6.08 Å². The molecule has 2 nitrogen and oxygen atoms in total. The van der Waals surface area contributed by atoms with E-state index in [1.165, 1.54) is 0 Å². The van der Waals surface area contributed by atoms with E-state index in [-0.39, 0.29) is 0 Å². The Kier molecular flexibility index (Phi) is 8.42. The van der Waals surface area contributed by atoms with Crippen molar-refractivity contribution in [3.63, 3.8) is 0 Å². The van der Waals surface area contributed by atoms with Gasteiger partial charge in [0.15, 0.2) is 0 Å². The lowest BCUT2D eigenvalue weighted by molar-refractivity contribution is 0.156. The van der Waals surface area contributed by atoms with Crippen molar-refractivity contribution >= 4 is 31.7 Å². The van der Waals surface area contributed by atoms with Crippen LogP contribution in [0.1, 0.15) is 16.7 Å². The smallest absolute Gasteiger partial charge is 0.144 e. The van der Waals surface area contributed by atoms with Crippen LogP contribution in [0.3, 0.4) is 0 Å². The zero-order chi connectivity index (χ0) is 19.1. The molecule has 25 heavy (non-hydrogen) atoms. The molecular weight excluding hydrogens is 356 g/mol. The zero-order valence-corrected chi connectivity index (χ0v) is 19.9. The number of ether oxygens (including phenoxy) is 2. The van der Waals surface area contributed by atoms with Gasteiger partial charge in [-0.15, -0.1) is 5.54 Å². The fourth-order valence-electron chi connectivity index (χ4n) is 2.09. The van der Waals surface area contributed by atoms with Crippen LogP contribution in [0.2, 0.25) is 45.8 Å². The molecule has 0 heterocycles. The molecule has 2 radical (unpaired) electrons. The molecule has 0 aromatic heterocycles. The van der Waals surface area contributed by atoms with Gasteiger partial charge in [0.05, 0.1) is 34.5 Å². The molecule has 0 spiro atoms. The van der Waals surface area contributed by atoms with E-state index in [0.717, 1.165) is 34.9 Å². The lowest BCUT2D eigenvalue weighted by Crippen LogP contribution is -2.30. The Morgan fingerprint density at radius 2 is 1.72 bits per heavy atom. The minimum Gasteiger partial charge on any atom is -0.496 e. The lowest BCUT2D eigenvalue weighted by Gasteiger charge is -2.21. The van der Waals surface area contributed by atoms with Gasteiger partial charge in [-0.3, -0.25) is 0 Å². The average molecular weight is 389 g/mol. The van der Waals surface area contributed by atoms with Gasteiger partial charge in [-0.1, -0.05) is 64.4 Å². The standard InChI is InChI=1S/C20H32O2Si3/c1-9-17-12-18(10-11-23-2)20(22-16-25(6,7)8)19(13-17)14-21-15-24(3,4)5/h9,12-13H,1,14-16H2,2-8H3. The quantitative estimate of drug-likeness (QED) is 0.459. The first-order valence-corrected chi connectivity index (χ1v) is 17.6. The minimum absolute atomic E-state index is 0.566. The Balaban J connectivity index is 3.21. The molecule has 0 unspecified atom stereocenters. The van der Waals surface area contributed by atoms with E-state index >= 15 is 0 Å². The van der Waals surface area contributed by atoms with Gasteiger partial charge in [-0.05, 0) is 17.7 Å². The van der Waals surface area contributed by atoms with E-state index in [1.54, 1.807) is 0 Å². The van der Waals surface area contributed by atoms with Crippen molar-refractivity contribution in [3.8, 4) is 17.2 Å². The Bertz CT molecular complexity index is 644. The average Bonchev–Trinajstić information content (AvgIpc) is 2.49. The third-order valence-corrected chi connectivity index (χ3v) is 5.64. The van der Waals surface area contributed by atoms with Crippen LogP contribution in [0.15, 0.2) is 18.7 Å². The van der Waals surface area contributed by atoms with Crippen LogP contribution < -0.4 is 4.74 Å². The van der Waals surface area contributed by atoms with Crippen molar-refractivity contribution in [1.82, 2.24) is 0 Å². The molecule has 0 aliphatic heterocycles. The number of hydrogen-bond donors (Lipinski definition) is 0. The summed E-state index contributed by atoms with van der Waals surface area (Å²) in [5.74, 6) is 4.18. The molecule has 136 valence electrons. The first kappa shape index (κ1) is 22.0. The van der Waals surface area contributed by atoms with Crippen LogP contribution in [-0.4, -0.2) is 38.1 Å². The van der Waals surface area contributed by atoms with Crippen molar-refractivity contribution < 1.29 is 9.47 Å². The van der Waals surface area contributed by atoms with E-state index in [2.05, 4.69) is 76.0 Å². The van der Waals surface area contributed by atoms with Gasteiger partial charge in [-0.2, -0.15) is 0 Å². The molecule has 0 amide bonds. The molecule has 1 aromatic rings. The monoisotopic (exact) mass is 388 g/mol. The molecule has 0 saturated carbocycles. The fraction of sp³-hybridized carbons (Fsp3) is 0.500. The molecule has 0 bridgehead atoms. The van der Waals surface area contributed by atoms with Gasteiger partial charge in [0.1, 0.15) is 15.3 Å². The summed E-state index contributed by atoms with van der Waals surface area (Å²) in [6.07, 6.45) is 3.49. The molecule has 0 aliphatic carbocycles. The van der Waals surface area contributed by atoms with E-state index < -0.39 is 16.1 Å². The summed E-state index contributed by atoms with van der Waals surface area (Å²) < 4.78 is 12.3. The molecule has 0 N–H and O–H groups in total. The molecule has 0 fully saturated rings. The van der Waals surface area contributed by atoms with E-state index in [4.69, 9.17) is 9.47 Å². The molecule has 0 aliphatic rings. The van der Waals surface area contributed by atoms with Crippen molar-refractivity contribution in [2.24, 2.45) is 0 Å². The highest BCUT2D eigenvalue weighted by atomic mass is 28.3. The number of benzene rings is 1. The summed E-state index contributed by atoms with van der Waals surface area (Å²) in [5, 5.41) is 0. The normalized spacial score (nSPS) is 11.6. The summed E-state index contributed by atoms with van der Waals surface area (Å²) in [6, 6.07) is 4.19. The van der Waals surface area contributed by atoms with Gasteiger partial charge in [0.25, 0.3) is 0 Å². The Hall–Kier alpha value is -1.07. The Morgan fingerprint density at radius 3 is 2.24 bits per heavy atom. The first-order valence-electron chi connectivity index (χ1n) is 8.73. The topological polar surface area (TPSA) is 18.5 Å². The highest BCUT2D eigenvalue weighted by Gasteiger charge is 2.19. The largest absolute Gasteiger partial charge is 0.496 e. The number of hydrogen-bond acceptors (Lipinski definition) is 2. The minimum atomic E-state index is -1.32. The molecule has 0 atom stereocenters. The predicted molar refractivity (Wildman–Crippen MR) is 117 cm³/mol. The maximum atomic E-state index is 6.27. The summed E-state index contributed by atoms with van der Waals surface area (Å²) in [7, 11) is -1.96. The highest BCUT2D eigenvalue weighted by Crippen LogP contribution is 2.28. The maximum Gasteiger partial charge on any atom is 0.144 e. The predicted octanol–water partition coefficient (Wildman–Crippen LogP) is 5.04. The van der Waals surface area contributed by atoms with E-state index in [0.29, 0.717) is 16.1 Å². The van der Waals surface area contributed by atoms with Crippen LogP contribution >= 0.6 is 0 Å². The molecule has 1 rings (SSSR count). The summed E-state index contributed by atoms with van der Waals surface area (Å²) in [6.45, 7) is 20.4. The van der Waals surface area contributed by atoms with Crippen LogP contribution in [0.5, 0.6) is 5.75 Å². The van der Waals surface area contributed by atoms with Crippen molar-refractivity contribution in [2.45, 2.75) is 52.4 Å². The zero-order valence-electron chi connectivity index (χ0n) is 16.9. The van der Waals surface area contributed by atoms with Gasteiger partial charge in [-0.25, -0.2) is 0 Å². The second-order valence-electron chi connectivity index (χ2n) is 8.66. The molecule has 0 saturated heterocycles. The molecule has 5 heteroatoms. The summed E-state index contributed by atoms with van der Waals surface area (Å²) in [4.78, 5) is 0. The fourth-order valence-corrected chi connectivity index (χ4v) is 3.64. The maximum absolute atomic E-state index is 6.27. The van der Waals surface area contributed by atoms with Gasteiger partial charge in [0, 0.05) is 11.8 Å². The molecular formula is C20H32O2Si3. The third kappa shape index (κ3) is 8.73. The van der Waals surface area contributed by atoms with Gasteiger partial charge < -0.3 is 9.47 Å². The second kappa shape index (κ2) is 9.58. The van der Waals surface area contributed by atoms with Crippen LogP contribution in [-0.2, 0) is 11.3 Å². The summed E-state index contributed by atoms with van der Waals surface area (Å²) >= 11 is 0. The van der Waals surface area contributed by atoms with Gasteiger partial charge >= 0.3 is 0 Å². The molecule has 1 aromatic carbocycles. The SMILES string of the molecule is C=Cc1cc(C#C[Si]C)c(OC[Si](C)(C)C)c(COC[Si](C)(C)C)c1. The van der Waals surface area contributed by atoms with Gasteiger partial charge in [0.2, 0.25) is 0 Å². The van der Waals surface area contributed by atoms with Crippen molar-refractivity contribution in [3.05, 3.63) is 35.4 Å². The third-order valence-electron chi connectivity index (χ3n) is 3.19. The van der Waals surface area contributed by atoms with E-state index in [9.17, 15) is 0 Å². The van der Waals surface area contributed by atoms with Crippen LogP contribution in [0.4, 0.5) is 0 Å². The lowest BCUT2D eigenvalue weighted by atomic mass is 10.0. The second-order valence-corrected chi connectivity index (χ2v) is 20.2. The first-order chi connectivity index (χ1) is 11.6. The Labute approximate surface area is 158 Å². The number of rotatable bonds is 8. The van der Waals surface area contributed by atoms with Crippen LogP contribution in [0.25, 0.3) is 6.08 Å². The Morgan fingerprint density at radius 1 is 1.08 bits per heavy atom. The van der Waals surface area contributed by atoms with Crippen molar-refractivity contribution in [1.29, 1.82) is 0 Å².